The summed E-state index contributed by atoms with van der Waals surface area (Å²) >= 11 is 0. The quantitative estimate of drug-likeness (QED) is 0.767. The highest BCUT2D eigenvalue weighted by atomic mass is 16.5. The number of carbonyl (C=O) groups excluding carboxylic acids is 1. The molecule has 0 aliphatic heterocycles. The summed E-state index contributed by atoms with van der Waals surface area (Å²) in [7, 11) is 4.72. The van der Waals surface area contributed by atoms with Gasteiger partial charge in [-0.25, -0.2) is 0 Å². The number of hydrogen-bond donors (Lipinski definition) is 2. The maximum absolute atomic E-state index is 12.2. The molecular weight excluding hydrogens is 320 g/mol. The number of benzene rings is 2. The smallest absolute Gasteiger partial charge is 0.251 e. The van der Waals surface area contributed by atoms with E-state index in [1.54, 1.807) is 33.5 Å². The Bertz CT molecular complexity index is 714. The molecule has 0 radical (unpaired) electrons. The van der Waals surface area contributed by atoms with Crippen molar-refractivity contribution in [2.24, 2.45) is 5.73 Å². The second-order valence-electron chi connectivity index (χ2n) is 5.40. The third kappa shape index (κ3) is 4.42. The summed E-state index contributed by atoms with van der Waals surface area (Å²) in [6.45, 7) is 0.935. The van der Waals surface area contributed by atoms with Gasteiger partial charge in [-0.2, -0.15) is 0 Å². The fourth-order valence-corrected chi connectivity index (χ4v) is 2.57. The van der Waals surface area contributed by atoms with E-state index in [4.69, 9.17) is 19.9 Å². The predicted octanol–water partition coefficient (Wildman–Crippen LogP) is 2.14. The van der Waals surface area contributed by atoms with E-state index in [2.05, 4.69) is 5.32 Å². The number of amides is 1. The minimum atomic E-state index is -0.122. The highest BCUT2D eigenvalue weighted by Gasteiger charge is 2.15. The van der Waals surface area contributed by atoms with Crippen LogP contribution in [0.5, 0.6) is 17.2 Å². The van der Waals surface area contributed by atoms with Gasteiger partial charge in [0.05, 0.1) is 21.3 Å². The minimum absolute atomic E-state index is 0.122. The maximum Gasteiger partial charge on any atom is 0.251 e. The number of rotatable bonds is 8. The molecule has 2 aromatic carbocycles. The zero-order chi connectivity index (χ0) is 18.2. The van der Waals surface area contributed by atoms with Gasteiger partial charge in [0.15, 0.2) is 11.5 Å². The van der Waals surface area contributed by atoms with E-state index in [1.807, 2.05) is 24.3 Å². The average molecular weight is 344 g/mol. The molecule has 0 atom stereocenters. The molecule has 25 heavy (non-hydrogen) atoms. The number of ether oxygens (including phenoxy) is 3. The van der Waals surface area contributed by atoms with Crippen molar-refractivity contribution in [2.75, 3.05) is 27.9 Å². The van der Waals surface area contributed by atoms with Gasteiger partial charge in [0.2, 0.25) is 5.75 Å². The van der Waals surface area contributed by atoms with Crippen molar-refractivity contribution in [3.8, 4) is 17.2 Å². The van der Waals surface area contributed by atoms with Crippen LogP contribution in [0.3, 0.4) is 0 Å². The highest BCUT2D eigenvalue weighted by Crippen LogP contribution is 2.39. The maximum atomic E-state index is 12.2. The van der Waals surface area contributed by atoms with Crippen LogP contribution >= 0.6 is 0 Å². The lowest BCUT2D eigenvalue weighted by atomic mass is 10.1. The van der Waals surface area contributed by atoms with Gasteiger partial charge >= 0.3 is 0 Å². The second-order valence-corrected chi connectivity index (χ2v) is 5.40. The Kier molecular flexibility index (Phi) is 6.65. The Balaban J connectivity index is 2.02. The fourth-order valence-electron chi connectivity index (χ4n) is 2.57. The van der Waals surface area contributed by atoms with Gasteiger partial charge in [-0.05, 0) is 30.2 Å². The first-order chi connectivity index (χ1) is 12.1. The van der Waals surface area contributed by atoms with E-state index in [0.29, 0.717) is 42.3 Å². The molecule has 0 unspecified atom stereocenters. The minimum Gasteiger partial charge on any atom is -0.493 e. The molecule has 0 aromatic heterocycles. The Morgan fingerprint density at radius 1 is 0.960 bits per heavy atom. The van der Waals surface area contributed by atoms with E-state index in [9.17, 15) is 4.79 Å². The van der Waals surface area contributed by atoms with Crippen LogP contribution in [0.15, 0.2) is 36.4 Å². The molecule has 0 aliphatic carbocycles. The average Bonchev–Trinajstić information content (AvgIpc) is 2.67. The van der Waals surface area contributed by atoms with Gasteiger partial charge in [0.1, 0.15) is 0 Å². The van der Waals surface area contributed by atoms with Crippen LogP contribution in [0.25, 0.3) is 0 Å². The number of methoxy groups -OCH3 is 3. The fraction of sp³-hybridized carbons (Fsp3) is 0.316. The van der Waals surface area contributed by atoms with E-state index < -0.39 is 0 Å². The van der Waals surface area contributed by atoms with E-state index >= 15 is 0 Å². The third-order valence-corrected chi connectivity index (χ3v) is 3.92. The summed E-state index contributed by atoms with van der Waals surface area (Å²) in [6, 6.07) is 11.0. The van der Waals surface area contributed by atoms with Crippen molar-refractivity contribution in [3.05, 3.63) is 53.1 Å². The molecule has 1 amide bonds. The summed E-state index contributed by atoms with van der Waals surface area (Å²) < 4.78 is 16.1. The molecule has 2 aromatic rings. The summed E-state index contributed by atoms with van der Waals surface area (Å²) in [5, 5.41) is 2.90. The Hall–Kier alpha value is -2.73. The molecule has 0 aliphatic rings. The van der Waals surface area contributed by atoms with Gasteiger partial charge in [-0.3, -0.25) is 4.79 Å². The van der Waals surface area contributed by atoms with Crippen molar-refractivity contribution in [3.63, 3.8) is 0 Å². The normalized spacial score (nSPS) is 10.2. The molecule has 0 saturated heterocycles. The number of carbonyl (C=O) groups is 1. The van der Waals surface area contributed by atoms with Crippen molar-refractivity contribution in [1.82, 2.24) is 5.32 Å². The van der Waals surface area contributed by atoms with Crippen molar-refractivity contribution in [2.45, 2.75) is 13.0 Å². The monoisotopic (exact) mass is 344 g/mol. The molecule has 0 bridgehead atoms. The zero-order valence-corrected chi connectivity index (χ0v) is 14.8. The largest absolute Gasteiger partial charge is 0.493 e. The van der Waals surface area contributed by atoms with Crippen molar-refractivity contribution in [1.29, 1.82) is 0 Å². The first-order valence-corrected chi connectivity index (χ1v) is 7.99. The second kappa shape index (κ2) is 8.94. The van der Waals surface area contributed by atoms with Crippen molar-refractivity contribution >= 4 is 5.91 Å². The van der Waals surface area contributed by atoms with Gasteiger partial charge in [-0.1, -0.05) is 18.2 Å². The Morgan fingerprint density at radius 3 is 2.20 bits per heavy atom. The summed E-state index contributed by atoms with van der Waals surface area (Å²) in [5.74, 6) is 1.64. The van der Waals surface area contributed by atoms with Crippen LogP contribution in [0.4, 0.5) is 0 Å². The molecule has 0 saturated carbocycles. The van der Waals surface area contributed by atoms with Gasteiger partial charge in [-0.15, -0.1) is 0 Å². The third-order valence-electron chi connectivity index (χ3n) is 3.92. The van der Waals surface area contributed by atoms with Crippen LogP contribution in [-0.2, 0) is 13.0 Å². The molecule has 0 heterocycles. The van der Waals surface area contributed by atoms with E-state index in [0.717, 1.165) is 11.1 Å². The zero-order valence-electron chi connectivity index (χ0n) is 14.8. The van der Waals surface area contributed by atoms with E-state index in [1.165, 1.54) is 0 Å². The molecule has 2 rings (SSSR count). The molecule has 0 spiro atoms. The van der Waals surface area contributed by atoms with Crippen LogP contribution in [0.1, 0.15) is 21.5 Å². The van der Waals surface area contributed by atoms with Gasteiger partial charge in [0.25, 0.3) is 5.91 Å². The SMILES string of the molecule is COc1ccc(CCNC(=O)c2ccc(CN)cc2)c(OC)c1OC. The van der Waals surface area contributed by atoms with Crippen molar-refractivity contribution < 1.29 is 19.0 Å². The Morgan fingerprint density at radius 2 is 1.64 bits per heavy atom. The first kappa shape index (κ1) is 18.6. The number of hydrogen-bond acceptors (Lipinski definition) is 5. The Labute approximate surface area is 147 Å². The predicted molar refractivity (Wildman–Crippen MR) is 96.5 cm³/mol. The summed E-state index contributed by atoms with van der Waals surface area (Å²) in [6.07, 6.45) is 0.607. The highest BCUT2D eigenvalue weighted by molar-refractivity contribution is 5.94. The van der Waals surface area contributed by atoms with Crippen LogP contribution in [0.2, 0.25) is 0 Å². The standard InChI is InChI=1S/C19H24N2O4/c1-23-16-9-8-14(17(24-2)18(16)25-3)10-11-21-19(22)15-6-4-13(12-20)5-7-15/h4-9H,10-12,20H2,1-3H3,(H,21,22). The van der Waals surface area contributed by atoms with Gasteiger partial charge in [0, 0.05) is 24.2 Å². The van der Waals surface area contributed by atoms with Gasteiger partial charge < -0.3 is 25.3 Å². The molecule has 0 fully saturated rings. The lowest BCUT2D eigenvalue weighted by Gasteiger charge is -2.16. The molecule has 6 heteroatoms. The number of nitrogens with one attached hydrogen (secondary N) is 1. The lowest BCUT2D eigenvalue weighted by Crippen LogP contribution is -2.25. The molecule has 134 valence electrons. The van der Waals surface area contributed by atoms with Crippen LogP contribution in [-0.4, -0.2) is 33.8 Å². The topological polar surface area (TPSA) is 82.8 Å². The molecular formula is C19H24N2O4. The molecule has 6 nitrogen and oxygen atoms in total. The van der Waals surface area contributed by atoms with E-state index in [-0.39, 0.29) is 5.91 Å². The lowest BCUT2D eigenvalue weighted by molar-refractivity contribution is 0.0954. The summed E-state index contributed by atoms with van der Waals surface area (Å²) in [4.78, 5) is 12.2. The van der Waals surface area contributed by atoms with Crippen LogP contribution in [0, 0.1) is 0 Å². The number of nitrogens with two attached hydrogens (primary N) is 1. The first-order valence-electron chi connectivity index (χ1n) is 7.99. The molecule has 3 N–H and O–H groups in total. The summed E-state index contributed by atoms with van der Waals surface area (Å²) in [5.41, 5.74) is 8.09. The van der Waals surface area contributed by atoms with Crippen LogP contribution < -0.4 is 25.3 Å².